The highest BCUT2D eigenvalue weighted by Gasteiger charge is 2.36. The lowest BCUT2D eigenvalue weighted by molar-refractivity contribution is -0.123. The minimum atomic E-state index is -1.57. The van der Waals surface area contributed by atoms with Crippen molar-refractivity contribution in [2.75, 3.05) is 18.5 Å². The van der Waals surface area contributed by atoms with Crippen LogP contribution in [0.3, 0.4) is 0 Å². The van der Waals surface area contributed by atoms with E-state index in [9.17, 15) is 14.7 Å². The third kappa shape index (κ3) is 10.2. The van der Waals surface area contributed by atoms with E-state index in [1.807, 2.05) is 0 Å². The maximum atomic E-state index is 12.7. The van der Waals surface area contributed by atoms with E-state index in [1.54, 1.807) is 39.0 Å². The van der Waals surface area contributed by atoms with Crippen LogP contribution in [0.25, 0.3) is 0 Å². The van der Waals surface area contributed by atoms with Gasteiger partial charge in [-0.1, -0.05) is 50.6 Å². The van der Waals surface area contributed by atoms with E-state index < -0.39 is 29.7 Å². The van der Waals surface area contributed by atoms with Crippen LogP contribution < -0.4 is 15.4 Å². The van der Waals surface area contributed by atoms with E-state index >= 15 is 0 Å². The van der Waals surface area contributed by atoms with Gasteiger partial charge in [0.15, 0.2) is 0 Å². The second-order valence-electron chi connectivity index (χ2n) is 8.83. The van der Waals surface area contributed by atoms with Crippen LogP contribution in [-0.2, 0) is 9.53 Å². The molecule has 0 saturated heterocycles. The molecule has 0 saturated carbocycles. The number of hydrogen-bond donors (Lipinski definition) is 3. The van der Waals surface area contributed by atoms with E-state index in [2.05, 4.69) is 17.6 Å². The van der Waals surface area contributed by atoms with E-state index in [-0.39, 0.29) is 0 Å². The fraction of sp³-hybridized carbons (Fsp3) is 0.652. The molecular formula is C23H37ClN2O5. The first kappa shape index (κ1) is 27.0. The monoisotopic (exact) mass is 456 g/mol. The molecule has 0 aliphatic carbocycles. The number of alkyl carbamates (subject to hydrolysis) is 1. The fourth-order valence-electron chi connectivity index (χ4n) is 2.73. The Morgan fingerprint density at radius 3 is 2.29 bits per heavy atom. The van der Waals surface area contributed by atoms with Crippen molar-refractivity contribution in [2.24, 2.45) is 0 Å². The molecule has 0 aromatic heterocycles. The zero-order chi connectivity index (χ0) is 23.5. The Labute approximate surface area is 190 Å². The molecule has 1 aromatic carbocycles. The van der Waals surface area contributed by atoms with Gasteiger partial charge in [-0.25, -0.2) is 4.79 Å². The Morgan fingerprint density at radius 1 is 1.06 bits per heavy atom. The van der Waals surface area contributed by atoms with E-state index in [0.29, 0.717) is 23.1 Å². The highest BCUT2D eigenvalue weighted by atomic mass is 35.5. The Morgan fingerprint density at radius 2 is 1.71 bits per heavy atom. The lowest BCUT2D eigenvalue weighted by Crippen LogP contribution is -2.58. The molecule has 0 aliphatic rings. The van der Waals surface area contributed by atoms with Crippen LogP contribution in [0.2, 0.25) is 5.02 Å². The molecule has 8 heteroatoms. The van der Waals surface area contributed by atoms with Gasteiger partial charge in [-0.2, -0.15) is 0 Å². The van der Waals surface area contributed by atoms with Crippen LogP contribution >= 0.6 is 11.6 Å². The number of rotatable bonds is 12. The third-order valence-electron chi connectivity index (χ3n) is 4.54. The molecule has 1 unspecified atom stereocenters. The van der Waals surface area contributed by atoms with E-state index in [4.69, 9.17) is 21.1 Å². The van der Waals surface area contributed by atoms with Crippen LogP contribution in [0.1, 0.15) is 73.1 Å². The number of anilines is 1. The minimum Gasteiger partial charge on any atom is -0.492 e. The second-order valence-corrected chi connectivity index (χ2v) is 9.24. The first-order valence-electron chi connectivity index (χ1n) is 10.9. The van der Waals surface area contributed by atoms with Gasteiger partial charge in [0.05, 0.1) is 18.2 Å². The maximum Gasteiger partial charge on any atom is 0.408 e. The molecule has 0 fully saturated rings. The summed E-state index contributed by atoms with van der Waals surface area (Å²) >= 11 is 6.28. The van der Waals surface area contributed by atoms with Crippen molar-refractivity contribution in [3.05, 3.63) is 23.2 Å². The molecule has 0 radical (unpaired) electrons. The normalized spacial score (nSPS) is 13.3. The Balaban J connectivity index is 2.61. The largest absolute Gasteiger partial charge is 0.492 e. The topological polar surface area (TPSA) is 96.9 Å². The molecule has 0 spiro atoms. The summed E-state index contributed by atoms with van der Waals surface area (Å²) in [7, 11) is 0. The van der Waals surface area contributed by atoms with Gasteiger partial charge in [0.1, 0.15) is 16.9 Å². The van der Waals surface area contributed by atoms with Crippen molar-refractivity contribution in [3.63, 3.8) is 0 Å². The minimum absolute atomic E-state index is 0.370. The van der Waals surface area contributed by atoms with Crippen molar-refractivity contribution in [1.29, 1.82) is 0 Å². The lowest BCUT2D eigenvalue weighted by Gasteiger charge is -2.29. The van der Waals surface area contributed by atoms with Crippen LogP contribution in [0.4, 0.5) is 10.5 Å². The van der Waals surface area contributed by atoms with Gasteiger partial charge < -0.3 is 25.2 Å². The Kier molecular flexibility index (Phi) is 11.1. The van der Waals surface area contributed by atoms with Crippen molar-refractivity contribution in [2.45, 2.75) is 84.3 Å². The first-order valence-corrected chi connectivity index (χ1v) is 11.2. The lowest BCUT2D eigenvalue weighted by atomic mass is 10.0. The number of carbonyl (C=O) groups excluding carboxylic acids is 2. The van der Waals surface area contributed by atoms with Gasteiger partial charge in [0.2, 0.25) is 0 Å². The molecule has 1 aromatic rings. The molecule has 0 aliphatic heterocycles. The van der Waals surface area contributed by atoms with Crippen molar-refractivity contribution in [1.82, 2.24) is 5.32 Å². The summed E-state index contributed by atoms with van der Waals surface area (Å²) in [6.45, 7) is 8.71. The zero-order valence-corrected chi connectivity index (χ0v) is 20.1. The number of hydrogen-bond acceptors (Lipinski definition) is 5. The van der Waals surface area contributed by atoms with Gasteiger partial charge >= 0.3 is 6.09 Å². The number of amides is 2. The SMILES string of the molecule is CCCCCCCCOc1ccc(NC(=O)C(C)(CO)NC(=O)OC(C)(C)C)cc1Cl. The van der Waals surface area contributed by atoms with Crippen LogP contribution in [-0.4, -0.2) is 41.5 Å². The molecular weight excluding hydrogens is 420 g/mol. The quantitative estimate of drug-likeness (QED) is 0.371. The van der Waals surface area contributed by atoms with Crippen LogP contribution in [0.5, 0.6) is 5.75 Å². The van der Waals surface area contributed by atoms with Crippen molar-refractivity contribution >= 4 is 29.3 Å². The first-order chi connectivity index (χ1) is 14.5. The average Bonchev–Trinajstić information content (AvgIpc) is 2.67. The number of nitrogens with one attached hydrogen (secondary N) is 2. The summed E-state index contributed by atoms with van der Waals surface area (Å²) in [6, 6.07) is 4.92. The average molecular weight is 457 g/mol. The van der Waals surface area contributed by atoms with Gasteiger partial charge in [-0.05, 0) is 52.3 Å². The zero-order valence-electron chi connectivity index (χ0n) is 19.3. The Hall–Kier alpha value is -1.99. The molecule has 31 heavy (non-hydrogen) atoms. The summed E-state index contributed by atoms with van der Waals surface area (Å²) in [5, 5.41) is 15.1. The number of halogens is 1. The van der Waals surface area contributed by atoms with Crippen LogP contribution in [0, 0.1) is 0 Å². The highest BCUT2D eigenvalue weighted by Crippen LogP contribution is 2.28. The number of carbonyl (C=O) groups is 2. The molecule has 176 valence electrons. The van der Waals surface area contributed by atoms with E-state index in [1.165, 1.54) is 32.6 Å². The summed E-state index contributed by atoms with van der Waals surface area (Å²) in [4.78, 5) is 24.7. The third-order valence-corrected chi connectivity index (χ3v) is 4.83. The standard InChI is InChI=1S/C23H37ClN2O5/c1-6-7-8-9-10-11-14-30-19-13-12-17(15-18(19)24)25-20(28)23(5,16-27)26-21(29)31-22(2,3)4/h12-13,15,27H,6-11,14,16H2,1-5H3,(H,25,28)(H,26,29). The summed E-state index contributed by atoms with van der Waals surface area (Å²) in [5.74, 6) is -0.0531. The Bertz CT molecular complexity index is 720. The number of ether oxygens (including phenoxy) is 2. The van der Waals surface area contributed by atoms with Gasteiger partial charge in [-0.15, -0.1) is 0 Å². The van der Waals surface area contributed by atoms with Gasteiger partial charge in [-0.3, -0.25) is 4.79 Å². The smallest absolute Gasteiger partial charge is 0.408 e. The number of benzene rings is 1. The molecule has 1 atom stereocenters. The van der Waals surface area contributed by atoms with Crippen LogP contribution in [0.15, 0.2) is 18.2 Å². The molecule has 0 heterocycles. The summed E-state index contributed by atoms with van der Waals surface area (Å²) in [6.07, 6.45) is 6.24. The summed E-state index contributed by atoms with van der Waals surface area (Å²) in [5.41, 5.74) is -1.87. The molecule has 7 nitrogen and oxygen atoms in total. The predicted octanol–water partition coefficient (Wildman–Crippen LogP) is 5.29. The second kappa shape index (κ2) is 12.8. The van der Waals surface area contributed by atoms with Gasteiger partial charge in [0, 0.05) is 5.69 Å². The van der Waals surface area contributed by atoms with Crippen molar-refractivity contribution < 1.29 is 24.2 Å². The summed E-state index contributed by atoms with van der Waals surface area (Å²) < 4.78 is 10.9. The highest BCUT2D eigenvalue weighted by molar-refractivity contribution is 6.32. The van der Waals surface area contributed by atoms with Crippen molar-refractivity contribution in [3.8, 4) is 5.75 Å². The molecule has 2 amide bonds. The maximum absolute atomic E-state index is 12.7. The molecule has 3 N–H and O–H groups in total. The predicted molar refractivity (Wildman–Crippen MR) is 124 cm³/mol. The molecule has 0 bridgehead atoms. The number of aliphatic hydroxyl groups is 1. The number of aliphatic hydroxyl groups excluding tert-OH is 1. The van der Waals surface area contributed by atoms with E-state index in [0.717, 1.165) is 12.8 Å². The van der Waals surface area contributed by atoms with Gasteiger partial charge in [0.25, 0.3) is 5.91 Å². The number of unbranched alkanes of at least 4 members (excludes halogenated alkanes) is 5. The fourth-order valence-corrected chi connectivity index (χ4v) is 2.96. The molecule has 1 rings (SSSR count).